The number of imidazole rings is 1. The second-order valence-corrected chi connectivity index (χ2v) is 5.97. The van der Waals surface area contributed by atoms with Crippen molar-refractivity contribution in [1.29, 1.82) is 0 Å². The predicted octanol–water partition coefficient (Wildman–Crippen LogP) is 2.59. The first-order valence-corrected chi connectivity index (χ1v) is 7.86. The molecule has 0 N–H and O–H groups in total. The van der Waals surface area contributed by atoms with Crippen molar-refractivity contribution in [3.05, 3.63) is 35.2 Å². The van der Waals surface area contributed by atoms with Crippen LogP contribution in [0.5, 0.6) is 0 Å². The van der Waals surface area contributed by atoms with Gasteiger partial charge >= 0.3 is 0 Å². The number of nitrogens with zero attached hydrogens (tertiary/aromatic N) is 5. The van der Waals surface area contributed by atoms with Crippen molar-refractivity contribution in [2.24, 2.45) is 7.05 Å². The fourth-order valence-corrected chi connectivity index (χ4v) is 3.58. The quantitative estimate of drug-likeness (QED) is 0.867. The number of aromatic nitrogens is 4. The van der Waals surface area contributed by atoms with E-state index in [-0.39, 0.29) is 0 Å². The van der Waals surface area contributed by atoms with Gasteiger partial charge in [0.05, 0.1) is 12.2 Å². The average molecular weight is 287 g/mol. The van der Waals surface area contributed by atoms with E-state index >= 15 is 0 Å². The largest absolute Gasteiger partial charge is 0.334 e. The van der Waals surface area contributed by atoms with Crippen molar-refractivity contribution < 1.29 is 0 Å². The minimum Gasteiger partial charge on any atom is -0.334 e. The molecular weight excluding hydrogens is 262 g/mol. The number of aryl methyl sites for hydroxylation is 3. The summed E-state index contributed by atoms with van der Waals surface area (Å²) in [6.45, 7) is 9.54. The SMILES string of the molecule is CCn1ccnc1CN1CCC[C@H]1c1c(C)nn(C)c1C. The molecule has 0 unspecified atom stereocenters. The van der Waals surface area contributed by atoms with Crippen molar-refractivity contribution >= 4 is 0 Å². The summed E-state index contributed by atoms with van der Waals surface area (Å²) < 4.78 is 4.24. The molecule has 1 aliphatic rings. The van der Waals surface area contributed by atoms with E-state index in [9.17, 15) is 0 Å². The Hall–Kier alpha value is -1.62. The van der Waals surface area contributed by atoms with Crippen LogP contribution in [0.4, 0.5) is 0 Å². The third-order valence-corrected chi connectivity index (χ3v) is 4.75. The Labute approximate surface area is 126 Å². The van der Waals surface area contributed by atoms with Crippen LogP contribution < -0.4 is 0 Å². The topological polar surface area (TPSA) is 38.9 Å². The van der Waals surface area contributed by atoms with Gasteiger partial charge in [-0.25, -0.2) is 4.98 Å². The molecule has 2 aromatic heterocycles. The standard InChI is InChI=1S/C16H25N5/c1-5-20-10-8-17-15(20)11-21-9-6-7-14(21)16-12(2)18-19(4)13(16)3/h8,10,14H,5-7,9,11H2,1-4H3/t14-/m0/s1. The Bertz CT molecular complexity index is 625. The molecule has 21 heavy (non-hydrogen) atoms. The van der Waals surface area contributed by atoms with Gasteiger partial charge in [-0.1, -0.05) is 0 Å². The molecule has 0 spiro atoms. The first-order chi connectivity index (χ1) is 10.1. The summed E-state index contributed by atoms with van der Waals surface area (Å²) in [5.74, 6) is 1.17. The highest BCUT2D eigenvalue weighted by molar-refractivity contribution is 5.29. The first-order valence-electron chi connectivity index (χ1n) is 7.86. The van der Waals surface area contributed by atoms with Crippen molar-refractivity contribution in [2.75, 3.05) is 6.54 Å². The van der Waals surface area contributed by atoms with Crippen molar-refractivity contribution in [2.45, 2.75) is 52.7 Å². The first kappa shape index (κ1) is 14.3. The molecule has 1 atom stereocenters. The Morgan fingerprint density at radius 2 is 2.14 bits per heavy atom. The summed E-state index contributed by atoms with van der Waals surface area (Å²) in [5.41, 5.74) is 3.89. The van der Waals surface area contributed by atoms with Gasteiger partial charge in [0.25, 0.3) is 0 Å². The molecule has 3 heterocycles. The van der Waals surface area contributed by atoms with Crippen LogP contribution in [0, 0.1) is 13.8 Å². The van der Waals surface area contributed by atoms with Gasteiger partial charge in [0.1, 0.15) is 5.82 Å². The average Bonchev–Trinajstić information content (AvgIpc) is 3.13. The van der Waals surface area contributed by atoms with Crippen LogP contribution in [0.1, 0.15) is 48.6 Å². The number of hydrogen-bond acceptors (Lipinski definition) is 3. The van der Waals surface area contributed by atoms with E-state index in [4.69, 9.17) is 0 Å². The van der Waals surface area contributed by atoms with Crippen molar-refractivity contribution in [3.8, 4) is 0 Å². The monoisotopic (exact) mass is 287 g/mol. The molecule has 1 fully saturated rings. The predicted molar refractivity (Wildman–Crippen MR) is 83.0 cm³/mol. The molecule has 114 valence electrons. The minimum atomic E-state index is 0.487. The Morgan fingerprint density at radius 3 is 2.81 bits per heavy atom. The lowest BCUT2D eigenvalue weighted by atomic mass is 10.0. The van der Waals surface area contributed by atoms with Gasteiger partial charge in [-0.3, -0.25) is 9.58 Å². The van der Waals surface area contributed by atoms with Gasteiger partial charge in [-0.2, -0.15) is 5.10 Å². The van der Waals surface area contributed by atoms with Crippen LogP contribution in [-0.4, -0.2) is 30.8 Å². The summed E-state index contributed by atoms with van der Waals surface area (Å²) in [7, 11) is 2.04. The van der Waals surface area contributed by atoms with E-state index in [0.717, 1.165) is 19.6 Å². The molecule has 1 saturated heterocycles. The molecule has 0 saturated carbocycles. The molecule has 0 bridgehead atoms. The van der Waals surface area contributed by atoms with E-state index in [2.05, 4.69) is 46.5 Å². The summed E-state index contributed by atoms with van der Waals surface area (Å²) >= 11 is 0. The van der Waals surface area contributed by atoms with Crippen molar-refractivity contribution in [1.82, 2.24) is 24.2 Å². The zero-order valence-corrected chi connectivity index (χ0v) is 13.5. The summed E-state index contributed by atoms with van der Waals surface area (Å²) in [6, 6.07) is 0.487. The van der Waals surface area contributed by atoms with Crippen LogP contribution in [0.25, 0.3) is 0 Å². The van der Waals surface area contributed by atoms with Gasteiger partial charge in [-0.15, -0.1) is 0 Å². The van der Waals surface area contributed by atoms with Gasteiger partial charge in [0, 0.05) is 43.3 Å². The fourth-order valence-electron chi connectivity index (χ4n) is 3.58. The minimum absolute atomic E-state index is 0.487. The number of likely N-dealkylation sites (tertiary alicyclic amines) is 1. The van der Waals surface area contributed by atoms with E-state index in [1.54, 1.807) is 0 Å². The fraction of sp³-hybridized carbons (Fsp3) is 0.625. The van der Waals surface area contributed by atoms with Crippen LogP contribution in [0.15, 0.2) is 12.4 Å². The van der Waals surface area contributed by atoms with E-state index in [1.807, 2.05) is 17.9 Å². The van der Waals surface area contributed by atoms with Gasteiger partial charge in [0.15, 0.2) is 0 Å². The van der Waals surface area contributed by atoms with E-state index in [0.29, 0.717) is 6.04 Å². The maximum atomic E-state index is 4.59. The lowest BCUT2D eigenvalue weighted by Gasteiger charge is -2.25. The number of hydrogen-bond donors (Lipinski definition) is 0. The lowest BCUT2D eigenvalue weighted by molar-refractivity contribution is 0.237. The van der Waals surface area contributed by atoms with E-state index < -0.39 is 0 Å². The molecule has 0 aliphatic carbocycles. The molecule has 3 rings (SSSR count). The van der Waals surface area contributed by atoms with Crippen LogP contribution >= 0.6 is 0 Å². The number of rotatable bonds is 4. The van der Waals surface area contributed by atoms with Crippen LogP contribution in [-0.2, 0) is 20.1 Å². The molecule has 1 aliphatic heterocycles. The lowest BCUT2D eigenvalue weighted by Crippen LogP contribution is -2.25. The highest BCUT2D eigenvalue weighted by Crippen LogP contribution is 2.36. The Balaban J connectivity index is 1.86. The third kappa shape index (κ3) is 2.50. The smallest absolute Gasteiger partial charge is 0.122 e. The molecule has 2 aromatic rings. The Morgan fingerprint density at radius 1 is 1.33 bits per heavy atom. The summed E-state index contributed by atoms with van der Waals surface area (Å²) in [4.78, 5) is 7.09. The zero-order chi connectivity index (χ0) is 15.0. The molecule has 0 radical (unpaired) electrons. The Kier molecular flexibility index (Phi) is 3.85. The third-order valence-electron chi connectivity index (χ3n) is 4.75. The summed E-state index contributed by atoms with van der Waals surface area (Å²) in [5, 5.41) is 4.59. The normalized spacial score (nSPS) is 19.5. The van der Waals surface area contributed by atoms with Crippen LogP contribution in [0.3, 0.4) is 0 Å². The second-order valence-electron chi connectivity index (χ2n) is 5.97. The maximum Gasteiger partial charge on any atom is 0.122 e. The van der Waals surface area contributed by atoms with Crippen LogP contribution in [0.2, 0.25) is 0 Å². The molecule has 5 heteroatoms. The van der Waals surface area contributed by atoms with E-state index in [1.165, 1.54) is 35.6 Å². The van der Waals surface area contributed by atoms with Gasteiger partial charge in [0.2, 0.25) is 0 Å². The van der Waals surface area contributed by atoms with Gasteiger partial charge in [-0.05, 0) is 40.2 Å². The molecule has 0 aromatic carbocycles. The molecular formula is C16H25N5. The maximum absolute atomic E-state index is 4.59. The molecule has 5 nitrogen and oxygen atoms in total. The zero-order valence-electron chi connectivity index (χ0n) is 13.5. The summed E-state index contributed by atoms with van der Waals surface area (Å²) in [6.07, 6.45) is 6.46. The second kappa shape index (κ2) is 5.64. The molecule has 0 amide bonds. The highest BCUT2D eigenvalue weighted by Gasteiger charge is 2.30. The van der Waals surface area contributed by atoms with Crippen molar-refractivity contribution in [3.63, 3.8) is 0 Å². The highest BCUT2D eigenvalue weighted by atomic mass is 15.3. The van der Waals surface area contributed by atoms with Gasteiger partial charge < -0.3 is 4.57 Å².